The first-order chi connectivity index (χ1) is 8.78. The normalized spacial score (nSPS) is 12.1. The van der Waals surface area contributed by atoms with Crippen molar-refractivity contribution in [1.82, 2.24) is 0 Å². The van der Waals surface area contributed by atoms with Crippen LogP contribution in [0.2, 0.25) is 0 Å². The monoisotopic (exact) mass is 257 g/mol. The summed E-state index contributed by atoms with van der Waals surface area (Å²) in [6.45, 7) is 0. The van der Waals surface area contributed by atoms with Crippen LogP contribution in [0.4, 0.5) is 11.4 Å². The van der Waals surface area contributed by atoms with Crippen LogP contribution >= 0.6 is 11.8 Å². The highest BCUT2D eigenvalue weighted by molar-refractivity contribution is 7.99. The molecule has 1 heterocycles. The molecule has 18 heavy (non-hydrogen) atoms. The molecular weight excluding hydrogens is 246 g/mol. The van der Waals surface area contributed by atoms with Gasteiger partial charge in [-0.05, 0) is 30.3 Å². The lowest BCUT2D eigenvalue weighted by Gasteiger charge is -2.20. The Balaban J connectivity index is 2.01. The maximum Gasteiger partial charge on any atom is 0.337 e. The van der Waals surface area contributed by atoms with Crippen LogP contribution in [0.25, 0.3) is 0 Å². The molecule has 0 spiro atoms. The fourth-order valence-electron chi connectivity index (χ4n) is 1.88. The summed E-state index contributed by atoms with van der Waals surface area (Å²) in [6, 6.07) is 13.6. The van der Waals surface area contributed by atoms with E-state index in [4.69, 9.17) is 4.74 Å². The second-order valence-electron chi connectivity index (χ2n) is 3.93. The van der Waals surface area contributed by atoms with Gasteiger partial charge >= 0.3 is 5.97 Å². The number of esters is 1. The minimum atomic E-state index is -0.316. The van der Waals surface area contributed by atoms with Gasteiger partial charge in [0.1, 0.15) is 0 Å². The number of ether oxygens (including phenoxy) is 1. The van der Waals surface area contributed by atoms with Crippen LogP contribution in [0.1, 0.15) is 10.4 Å². The summed E-state index contributed by atoms with van der Waals surface area (Å²) in [5, 5.41) is 3.33. The minimum Gasteiger partial charge on any atom is -0.465 e. The van der Waals surface area contributed by atoms with Gasteiger partial charge in [0.15, 0.2) is 0 Å². The van der Waals surface area contributed by atoms with Gasteiger partial charge in [0.05, 0.1) is 24.0 Å². The Kier molecular flexibility index (Phi) is 2.72. The number of carbonyl (C=O) groups excluding carboxylic acids is 1. The standard InChI is InChI=1S/C14H11NO2S/c1-17-14(16)9-6-7-13-11(8-9)15-10-4-2-3-5-12(10)18-13/h2-8,15H,1H3. The van der Waals surface area contributed by atoms with Crippen molar-refractivity contribution in [2.24, 2.45) is 0 Å². The second-order valence-corrected chi connectivity index (χ2v) is 5.01. The third-order valence-electron chi connectivity index (χ3n) is 2.78. The fourth-order valence-corrected chi connectivity index (χ4v) is 2.85. The van der Waals surface area contributed by atoms with Gasteiger partial charge in [-0.25, -0.2) is 4.79 Å². The molecule has 0 amide bonds. The van der Waals surface area contributed by atoms with E-state index in [1.165, 1.54) is 12.0 Å². The summed E-state index contributed by atoms with van der Waals surface area (Å²) in [6.07, 6.45) is 0. The number of hydrogen-bond acceptors (Lipinski definition) is 4. The number of fused-ring (bicyclic) bond motifs is 2. The van der Waals surface area contributed by atoms with Gasteiger partial charge in [-0.2, -0.15) is 0 Å². The highest BCUT2D eigenvalue weighted by atomic mass is 32.2. The first kappa shape index (κ1) is 11.2. The first-order valence-corrected chi connectivity index (χ1v) is 6.36. The Labute approximate surface area is 109 Å². The molecule has 0 saturated heterocycles. The lowest BCUT2D eigenvalue weighted by Crippen LogP contribution is -2.04. The average molecular weight is 257 g/mol. The minimum absolute atomic E-state index is 0.316. The summed E-state index contributed by atoms with van der Waals surface area (Å²) in [7, 11) is 1.39. The molecule has 0 aromatic heterocycles. The molecular formula is C14H11NO2S. The Morgan fingerprint density at radius 3 is 2.72 bits per heavy atom. The SMILES string of the molecule is COC(=O)c1ccc2c(c1)Nc1ccccc1S2. The molecule has 2 aromatic rings. The summed E-state index contributed by atoms with van der Waals surface area (Å²) >= 11 is 1.70. The van der Waals surface area contributed by atoms with E-state index in [9.17, 15) is 4.79 Å². The van der Waals surface area contributed by atoms with E-state index in [-0.39, 0.29) is 5.97 Å². The molecule has 0 radical (unpaired) electrons. The molecule has 0 fully saturated rings. The molecule has 90 valence electrons. The maximum atomic E-state index is 11.5. The number of carbonyl (C=O) groups is 1. The Bertz CT molecular complexity index is 625. The van der Waals surface area contributed by atoms with E-state index >= 15 is 0 Å². The third-order valence-corrected chi connectivity index (χ3v) is 3.93. The Hall–Kier alpha value is -1.94. The van der Waals surface area contributed by atoms with E-state index in [1.54, 1.807) is 17.8 Å². The predicted octanol–water partition coefficient (Wildman–Crippen LogP) is 3.68. The van der Waals surface area contributed by atoms with Crippen LogP contribution in [0.15, 0.2) is 52.3 Å². The summed E-state index contributed by atoms with van der Waals surface area (Å²) in [4.78, 5) is 13.8. The molecule has 0 bridgehead atoms. The van der Waals surface area contributed by atoms with E-state index in [1.807, 2.05) is 30.3 Å². The van der Waals surface area contributed by atoms with Crippen LogP contribution in [-0.2, 0) is 4.74 Å². The van der Waals surface area contributed by atoms with Crippen molar-refractivity contribution >= 4 is 29.1 Å². The van der Waals surface area contributed by atoms with Crippen molar-refractivity contribution in [3.63, 3.8) is 0 Å². The lowest BCUT2D eigenvalue weighted by atomic mass is 10.2. The van der Waals surface area contributed by atoms with Crippen LogP contribution in [0, 0.1) is 0 Å². The Morgan fingerprint density at radius 1 is 1.11 bits per heavy atom. The van der Waals surface area contributed by atoms with Gasteiger partial charge in [0, 0.05) is 9.79 Å². The molecule has 0 unspecified atom stereocenters. The number of hydrogen-bond donors (Lipinski definition) is 1. The molecule has 3 nitrogen and oxygen atoms in total. The molecule has 2 aromatic carbocycles. The number of nitrogens with one attached hydrogen (secondary N) is 1. The predicted molar refractivity (Wildman–Crippen MR) is 71.6 cm³/mol. The van der Waals surface area contributed by atoms with Gasteiger partial charge in [-0.1, -0.05) is 23.9 Å². The maximum absolute atomic E-state index is 11.5. The van der Waals surface area contributed by atoms with E-state index in [0.717, 1.165) is 16.3 Å². The van der Waals surface area contributed by atoms with Crippen molar-refractivity contribution < 1.29 is 9.53 Å². The number of anilines is 2. The van der Waals surface area contributed by atoms with Crippen molar-refractivity contribution in [2.45, 2.75) is 9.79 Å². The summed E-state index contributed by atoms with van der Waals surface area (Å²) < 4.78 is 4.72. The zero-order valence-corrected chi connectivity index (χ0v) is 10.6. The number of rotatable bonds is 1. The van der Waals surface area contributed by atoms with Gasteiger partial charge in [0.25, 0.3) is 0 Å². The Morgan fingerprint density at radius 2 is 1.89 bits per heavy atom. The molecule has 1 N–H and O–H groups in total. The van der Waals surface area contributed by atoms with Gasteiger partial charge in [-0.3, -0.25) is 0 Å². The van der Waals surface area contributed by atoms with E-state index in [0.29, 0.717) is 5.56 Å². The van der Waals surface area contributed by atoms with Crippen LogP contribution in [0.5, 0.6) is 0 Å². The molecule has 0 atom stereocenters. The second kappa shape index (κ2) is 4.38. The zero-order valence-electron chi connectivity index (χ0n) is 9.77. The topological polar surface area (TPSA) is 38.3 Å². The fraction of sp³-hybridized carbons (Fsp3) is 0.0714. The molecule has 0 saturated carbocycles. The molecule has 0 aliphatic carbocycles. The number of methoxy groups -OCH3 is 1. The highest BCUT2D eigenvalue weighted by Crippen LogP contribution is 2.44. The van der Waals surface area contributed by atoms with Crippen LogP contribution in [0.3, 0.4) is 0 Å². The zero-order chi connectivity index (χ0) is 12.5. The molecule has 3 rings (SSSR count). The molecule has 4 heteroatoms. The third kappa shape index (κ3) is 1.84. The van der Waals surface area contributed by atoms with Crippen molar-refractivity contribution in [1.29, 1.82) is 0 Å². The van der Waals surface area contributed by atoms with Crippen molar-refractivity contribution in [2.75, 3.05) is 12.4 Å². The van der Waals surface area contributed by atoms with Gasteiger partial charge in [0.2, 0.25) is 0 Å². The molecule has 1 aliphatic rings. The quantitative estimate of drug-likeness (QED) is 0.675. The summed E-state index contributed by atoms with van der Waals surface area (Å²) in [5.74, 6) is -0.316. The largest absolute Gasteiger partial charge is 0.465 e. The van der Waals surface area contributed by atoms with E-state index < -0.39 is 0 Å². The van der Waals surface area contributed by atoms with Crippen LogP contribution < -0.4 is 5.32 Å². The first-order valence-electron chi connectivity index (χ1n) is 5.54. The van der Waals surface area contributed by atoms with Crippen molar-refractivity contribution in [3.8, 4) is 0 Å². The van der Waals surface area contributed by atoms with Crippen LogP contribution in [-0.4, -0.2) is 13.1 Å². The van der Waals surface area contributed by atoms with Gasteiger partial charge in [-0.15, -0.1) is 0 Å². The van der Waals surface area contributed by atoms with Crippen molar-refractivity contribution in [3.05, 3.63) is 48.0 Å². The summed E-state index contributed by atoms with van der Waals surface area (Å²) in [5.41, 5.74) is 2.57. The number of para-hydroxylation sites is 1. The smallest absolute Gasteiger partial charge is 0.337 e. The molecule has 1 aliphatic heterocycles. The highest BCUT2D eigenvalue weighted by Gasteiger charge is 2.17. The lowest BCUT2D eigenvalue weighted by molar-refractivity contribution is 0.0600. The van der Waals surface area contributed by atoms with E-state index in [2.05, 4.69) is 11.4 Å². The number of benzene rings is 2. The average Bonchev–Trinajstić information content (AvgIpc) is 2.43. The van der Waals surface area contributed by atoms with Gasteiger partial charge < -0.3 is 10.1 Å².